The molecule has 0 bridgehead atoms. The van der Waals surface area contributed by atoms with E-state index in [9.17, 15) is 9.59 Å². The summed E-state index contributed by atoms with van der Waals surface area (Å²) in [5, 5.41) is 25.3. The third kappa shape index (κ3) is 2.68. The molecular weight excluding hydrogens is 192 g/mol. The van der Waals surface area contributed by atoms with Crippen molar-refractivity contribution in [3.63, 3.8) is 0 Å². The molecule has 5 N–H and O–H groups in total. The van der Waals surface area contributed by atoms with Crippen molar-refractivity contribution in [2.75, 3.05) is 18.5 Å². The predicted octanol–water partition coefficient (Wildman–Crippen LogP) is -2.78. The van der Waals surface area contributed by atoms with Crippen molar-refractivity contribution in [2.24, 2.45) is 0 Å². The van der Waals surface area contributed by atoms with Crippen molar-refractivity contribution in [3.8, 4) is 0 Å². The highest BCUT2D eigenvalue weighted by molar-refractivity contribution is 5.28. The molecule has 0 aromatic carbocycles. The summed E-state index contributed by atoms with van der Waals surface area (Å²) in [5.74, 6) is -0.114. The molecule has 78 valence electrons. The van der Waals surface area contributed by atoms with E-state index in [1.54, 1.807) is 0 Å². The van der Waals surface area contributed by atoms with Gasteiger partial charge < -0.3 is 15.5 Å². The number of aliphatic hydroxyl groups is 2. The van der Waals surface area contributed by atoms with Crippen LogP contribution < -0.4 is 16.6 Å². The normalized spacial score (nSPS) is 12.4. The Kier molecular flexibility index (Phi) is 3.37. The molecule has 1 unspecified atom stereocenters. The minimum absolute atomic E-state index is 0.0291. The summed E-state index contributed by atoms with van der Waals surface area (Å²) in [4.78, 5) is 23.5. The second kappa shape index (κ2) is 4.53. The molecule has 0 aliphatic rings. The summed E-state index contributed by atoms with van der Waals surface area (Å²) in [7, 11) is 0. The van der Waals surface area contributed by atoms with Gasteiger partial charge in [-0.05, 0) is 0 Å². The number of hydrogen-bond donors (Lipinski definition) is 5. The molecule has 0 radical (unpaired) electrons. The zero-order chi connectivity index (χ0) is 10.6. The zero-order valence-corrected chi connectivity index (χ0v) is 7.15. The number of rotatable bonds is 4. The van der Waals surface area contributed by atoms with Gasteiger partial charge in [-0.3, -0.25) is 9.78 Å². The fourth-order valence-electron chi connectivity index (χ4n) is 0.747. The third-order valence-electron chi connectivity index (χ3n) is 1.43. The van der Waals surface area contributed by atoms with Crippen LogP contribution in [-0.2, 0) is 0 Å². The van der Waals surface area contributed by atoms with Gasteiger partial charge in [0.15, 0.2) is 0 Å². The largest absolute Gasteiger partial charge is 0.394 e. The van der Waals surface area contributed by atoms with Crippen molar-refractivity contribution >= 4 is 5.82 Å². The van der Waals surface area contributed by atoms with Gasteiger partial charge >= 0.3 is 5.69 Å². The Morgan fingerprint density at radius 2 is 2.21 bits per heavy atom. The summed E-state index contributed by atoms with van der Waals surface area (Å²) >= 11 is 0. The monoisotopic (exact) mass is 202 g/mol. The maximum absolute atomic E-state index is 11.0. The summed E-state index contributed by atoms with van der Waals surface area (Å²) < 4.78 is 0. The minimum Gasteiger partial charge on any atom is -0.394 e. The quantitative estimate of drug-likeness (QED) is 0.359. The first kappa shape index (κ1) is 10.4. The Hall–Kier alpha value is -1.67. The van der Waals surface area contributed by atoms with Crippen LogP contribution >= 0.6 is 0 Å². The predicted molar refractivity (Wildman–Crippen MR) is 47.1 cm³/mol. The first-order chi connectivity index (χ1) is 6.63. The standard InChI is InChI=1S/C6H10N4O4/c11-2-3(12)1-7-4-5(13)8-6(14)10-9-4/h3,11-12H,1-2H2,(H,7,9)(H2,8,10,13,14). The molecule has 0 saturated heterocycles. The van der Waals surface area contributed by atoms with Gasteiger partial charge in [0, 0.05) is 6.54 Å². The SMILES string of the molecule is O=c1[nH]nc(NCC(O)CO)c(=O)[nH]1. The first-order valence-corrected chi connectivity index (χ1v) is 3.85. The van der Waals surface area contributed by atoms with Crippen molar-refractivity contribution < 1.29 is 10.2 Å². The lowest BCUT2D eigenvalue weighted by atomic mass is 10.4. The van der Waals surface area contributed by atoms with Crippen LogP contribution in [0.2, 0.25) is 0 Å². The molecule has 1 atom stereocenters. The third-order valence-corrected chi connectivity index (χ3v) is 1.43. The molecule has 8 heteroatoms. The smallest absolute Gasteiger partial charge is 0.342 e. The topological polar surface area (TPSA) is 131 Å². The van der Waals surface area contributed by atoms with Gasteiger partial charge in [0.25, 0.3) is 5.56 Å². The number of anilines is 1. The molecule has 1 aromatic heterocycles. The summed E-state index contributed by atoms with van der Waals surface area (Å²) in [6, 6.07) is 0. The second-order valence-corrected chi connectivity index (χ2v) is 2.57. The van der Waals surface area contributed by atoms with E-state index in [4.69, 9.17) is 10.2 Å². The zero-order valence-electron chi connectivity index (χ0n) is 7.15. The van der Waals surface area contributed by atoms with Crippen LogP contribution in [0.4, 0.5) is 5.82 Å². The lowest BCUT2D eigenvalue weighted by Crippen LogP contribution is -2.30. The lowest BCUT2D eigenvalue weighted by Gasteiger charge is -2.07. The molecule has 0 amide bonds. The number of aromatic amines is 2. The van der Waals surface area contributed by atoms with Crippen molar-refractivity contribution in [2.45, 2.75) is 6.10 Å². The molecule has 1 rings (SSSR count). The van der Waals surface area contributed by atoms with E-state index in [0.717, 1.165) is 0 Å². The van der Waals surface area contributed by atoms with Crippen molar-refractivity contribution in [1.29, 1.82) is 0 Å². The highest BCUT2D eigenvalue weighted by Crippen LogP contribution is 1.87. The Morgan fingerprint density at radius 3 is 2.79 bits per heavy atom. The van der Waals surface area contributed by atoms with Crippen LogP contribution in [-0.4, -0.2) is 44.7 Å². The van der Waals surface area contributed by atoms with Crippen LogP contribution in [0, 0.1) is 0 Å². The fourth-order valence-corrected chi connectivity index (χ4v) is 0.747. The molecule has 0 aliphatic heterocycles. The minimum atomic E-state index is -0.983. The van der Waals surface area contributed by atoms with E-state index in [-0.39, 0.29) is 12.4 Å². The van der Waals surface area contributed by atoms with Crippen LogP contribution in [0.5, 0.6) is 0 Å². The van der Waals surface area contributed by atoms with E-state index in [2.05, 4.69) is 10.4 Å². The van der Waals surface area contributed by atoms with Gasteiger partial charge in [-0.25, -0.2) is 9.89 Å². The van der Waals surface area contributed by atoms with Crippen LogP contribution in [0.1, 0.15) is 0 Å². The number of H-pyrrole nitrogens is 2. The molecule has 0 spiro atoms. The van der Waals surface area contributed by atoms with Gasteiger partial charge in [0.05, 0.1) is 12.7 Å². The van der Waals surface area contributed by atoms with Crippen LogP contribution in [0.3, 0.4) is 0 Å². The molecular formula is C6H10N4O4. The number of aromatic nitrogens is 3. The van der Waals surface area contributed by atoms with Gasteiger partial charge in [0.1, 0.15) is 0 Å². The van der Waals surface area contributed by atoms with E-state index in [1.807, 2.05) is 10.1 Å². The van der Waals surface area contributed by atoms with E-state index in [1.165, 1.54) is 0 Å². The Bertz CT molecular complexity index is 397. The number of nitrogens with one attached hydrogen (secondary N) is 3. The molecule has 0 fully saturated rings. The highest BCUT2D eigenvalue weighted by atomic mass is 16.3. The molecule has 8 nitrogen and oxygen atoms in total. The first-order valence-electron chi connectivity index (χ1n) is 3.85. The van der Waals surface area contributed by atoms with Crippen LogP contribution in [0.15, 0.2) is 9.59 Å². The Balaban J connectivity index is 2.68. The van der Waals surface area contributed by atoms with E-state index in [0.29, 0.717) is 0 Å². The average Bonchev–Trinajstić information content (AvgIpc) is 2.16. The lowest BCUT2D eigenvalue weighted by molar-refractivity contribution is 0.105. The average molecular weight is 202 g/mol. The molecule has 14 heavy (non-hydrogen) atoms. The van der Waals surface area contributed by atoms with Crippen LogP contribution in [0.25, 0.3) is 0 Å². The second-order valence-electron chi connectivity index (χ2n) is 2.57. The number of nitrogens with zero attached hydrogens (tertiary/aromatic N) is 1. The van der Waals surface area contributed by atoms with Gasteiger partial charge in [0.2, 0.25) is 5.82 Å². The molecule has 0 saturated carbocycles. The highest BCUT2D eigenvalue weighted by Gasteiger charge is 2.05. The molecule has 1 aromatic rings. The van der Waals surface area contributed by atoms with Crippen molar-refractivity contribution in [3.05, 3.63) is 20.8 Å². The maximum Gasteiger partial charge on any atom is 0.342 e. The molecule has 0 aliphatic carbocycles. The van der Waals surface area contributed by atoms with Gasteiger partial charge in [-0.1, -0.05) is 0 Å². The van der Waals surface area contributed by atoms with Gasteiger partial charge in [-0.15, -0.1) is 5.10 Å². The summed E-state index contributed by atoms with van der Waals surface area (Å²) in [5.41, 5.74) is -1.39. The summed E-state index contributed by atoms with van der Waals surface area (Å²) in [6.07, 6.45) is -0.983. The van der Waals surface area contributed by atoms with Gasteiger partial charge in [-0.2, -0.15) is 0 Å². The van der Waals surface area contributed by atoms with E-state index < -0.39 is 24.0 Å². The maximum atomic E-state index is 11.0. The summed E-state index contributed by atoms with van der Waals surface area (Å²) in [6.45, 7) is -0.452. The number of hydrogen-bond acceptors (Lipinski definition) is 6. The Morgan fingerprint density at radius 1 is 1.50 bits per heavy atom. The fraction of sp³-hybridized carbons (Fsp3) is 0.500. The van der Waals surface area contributed by atoms with E-state index >= 15 is 0 Å². The van der Waals surface area contributed by atoms with Crippen molar-refractivity contribution in [1.82, 2.24) is 15.2 Å². The number of aliphatic hydroxyl groups excluding tert-OH is 2. The Labute approximate surface area is 77.6 Å². The molecule has 1 heterocycles.